The van der Waals surface area contributed by atoms with E-state index in [-0.39, 0.29) is 0 Å². The van der Waals surface area contributed by atoms with Crippen LogP contribution in [0.15, 0.2) is 42.9 Å². The molecule has 0 aliphatic heterocycles. The van der Waals surface area contributed by atoms with Crippen LogP contribution < -0.4 is 0 Å². The first-order valence-corrected chi connectivity index (χ1v) is 5.87. The van der Waals surface area contributed by atoms with E-state index in [4.69, 9.17) is 0 Å². The lowest BCUT2D eigenvalue weighted by Gasteiger charge is -2.38. The Bertz CT molecular complexity index is 466. The van der Waals surface area contributed by atoms with E-state index < -0.39 is 11.0 Å². The first-order valence-electron chi connectivity index (χ1n) is 5.87. The lowest BCUT2D eigenvalue weighted by atomic mass is 9.73. The number of hydrogen-bond acceptors (Lipinski definition) is 4. The fourth-order valence-electron chi connectivity index (χ4n) is 1.90. The van der Waals surface area contributed by atoms with Gasteiger partial charge in [-0.05, 0) is 18.2 Å². The third-order valence-electron chi connectivity index (χ3n) is 3.01. The highest BCUT2D eigenvalue weighted by Gasteiger charge is 2.46. The van der Waals surface area contributed by atoms with Gasteiger partial charge in [-0.25, -0.2) is 9.97 Å². The Labute approximate surface area is 107 Å². The lowest BCUT2D eigenvalue weighted by molar-refractivity contribution is -0.0371. The Hall–Kier alpha value is -1.81. The highest BCUT2D eigenvalue weighted by molar-refractivity contribution is 5.25. The average molecular weight is 243 g/mol. The summed E-state index contributed by atoms with van der Waals surface area (Å²) in [6, 6.07) is 7.19. The smallest absolute Gasteiger partial charge is 0.170 e. The summed E-state index contributed by atoms with van der Waals surface area (Å²) in [5, 5.41) is 11.1. The predicted octanol–water partition coefficient (Wildman–Crippen LogP) is 2.15. The van der Waals surface area contributed by atoms with Crippen LogP contribution in [0.2, 0.25) is 0 Å². The summed E-state index contributed by atoms with van der Waals surface area (Å²) in [6.45, 7) is 5.83. The third-order valence-corrected chi connectivity index (χ3v) is 3.01. The zero-order chi connectivity index (χ0) is 13.2. The van der Waals surface area contributed by atoms with Crippen molar-refractivity contribution in [1.82, 2.24) is 15.0 Å². The van der Waals surface area contributed by atoms with Crippen LogP contribution in [-0.2, 0) is 5.60 Å². The van der Waals surface area contributed by atoms with Gasteiger partial charge in [0.2, 0.25) is 0 Å². The lowest BCUT2D eigenvalue weighted by Crippen LogP contribution is -2.43. The van der Waals surface area contributed by atoms with Gasteiger partial charge in [0.05, 0.1) is 5.69 Å². The molecule has 0 aliphatic carbocycles. The van der Waals surface area contributed by atoms with Crippen molar-refractivity contribution in [1.29, 1.82) is 0 Å². The van der Waals surface area contributed by atoms with Gasteiger partial charge in [-0.15, -0.1) is 0 Å². The average Bonchev–Trinajstić information content (AvgIpc) is 2.38. The minimum Gasteiger partial charge on any atom is -0.375 e. The van der Waals surface area contributed by atoms with E-state index in [1.54, 1.807) is 30.7 Å². The van der Waals surface area contributed by atoms with Gasteiger partial charge in [-0.3, -0.25) is 4.98 Å². The van der Waals surface area contributed by atoms with E-state index in [9.17, 15) is 5.11 Å². The van der Waals surface area contributed by atoms with E-state index in [2.05, 4.69) is 15.0 Å². The molecule has 0 saturated heterocycles. The number of aromatic nitrogens is 3. The summed E-state index contributed by atoms with van der Waals surface area (Å²) < 4.78 is 0. The molecule has 0 fully saturated rings. The monoisotopic (exact) mass is 243 g/mol. The Balaban J connectivity index is 2.63. The number of hydrogen-bond donors (Lipinski definition) is 1. The minimum absolute atomic E-state index is 0.371. The summed E-state index contributed by atoms with van der Waals surface area (Å²) >= 11 is 0. The maximum atomic E-state index is 11.1. The molecule has 0 aliphatic rings. The van der Waals surface area contributed by atoms with Crippen LogP contribution in [0.25, 0.3) is 0 Å². The van der Waals surface area contributed by atoms with Gasteiger partial charge in [-0.1, -0.05) is 26.8 Å². The van der Waals surface area contributed by atoms with Gasteiger partial charge in [-0.2, -0.15) is 0 Å². The first-order chi connectivity index (χ1) is 8.46. The second kappa shape index (κ2) is 4.46. The van der Waals surface area contributed by atoms with Crippen molar-refractivity contribution in [3.63, 3.8) is 0 Å². The van der Waals surface area contributed by atoms with Crippen LogP contribution in [0.1, 0.15) is 32.3 Å². The van der Waals surface area contributed by atoms with Crippen molar-refractivity contribution in [3.8, 4) is 0 Å². The topological polar surface area (TPSA) is 58.9 Å². The molecule has 2 rings (SSSR count). The van der Waals surface area contributed by atoms with E-state index >= 15 is 0 Å². The Morgan fingerprint density at radius 1 is 0.889 bits per heavy atom. The second-order valence-electron chi connectivity index (χ2n) is 5.25. The van der Waals surface area contributed by atoms with Crippen LogP contribution in [0.5, 0.6) is 0 Å². The third kappa shape index (κ3) is 1.99. The summed E-state index contributed by atoms with van der Waals surface area (Å²) in [5.41, 5.74) is -1.22. The molecular weight excluding hydrogens is 226 g/mol. The molecule has 1 atom stereocenters. The van der Waals surface area contributed by atoms with Gasteiger partial charge < -0.3 is 5.11 Å². The minimum atomic E-state index is -1.31. The normalized spacial score (nSPS) is 15.1. The highest BCUT2D eigenvalue weighted by atomic mass is 16.3. The molecule has 94 valence electrons. The van der Waals surface area contributed by atoms with Crippen LogP contribution in [-0.4, -0.2) is 20.1 Å². The molecule has 0 spiro atoms. The molecule has 1 N–H and O–H groups in total. The quantitative estimate of drug-likeness (QED) is 0.878. The largest absolute Gasteiger partial charge is 0.375 e. The highest BCUT2D eigenvalue weighted by Crippen LogP contribution is 2.41. The number of aliphatic hydroxyl groups is 1. The molecule has 1 unspecified atom stereocenters. The SMILES string of the molecule is CC(C)(C)C(O)(c1ccccn1)c1ncccn1. The van der Waals surface area contributed by atoms with Crippen LogP contribution in [0.4, 0.5) is 0 Å². The molecule has 2 aromatic rings. The fourth-order valence-corrected chi connectivity index (χ4v) is 1.90. The number of pyridine rings is 1. The van der Waals surface area contributed by atoms with Crippen LogP contribution in [0, 0.1) is 5.41 Å². The van der Waals surface area contributed by atoms with Gasteiger partial charge in [0.15, 0.2) is 11.4 Å². The maximum Gasteiger partial charge on any atom is 0.170 e. The Morgan fingerprint density at radius 2 is 1.50 bits per heavy atom. The Morgan fingerprint density at radius 3 is 2.00 bits per heavy atom. The summed E-state index contributed by atoms with van der Waals surface area (Å²) in [7, 11) is 0. The summed E-state index contributed by atoms with van der Waals surface area (Å²) in [5.74, 6) is 0.371. The molecule has 0 aromatic carbocycles. The molecule has 0 saturated carbocycles. The predicted molar refractivity (Wildman–Crippen MR) is 68.7 cm³/mol. The van der Waals surface area contributed by atoms with E-state index in [0.29, 0.717) is 11.5 Å². The summed E-state index contributed by atoms with van der Waals surface area (Å²) in [6.07, 6.45) is 4.92. The van der Waals surface area contributed by atoms with E-state index in [1.807, 2.05) is 32.9 Å². The summed E-state index contributed by atoms with van der Waals surface area (Å²) in [4.78, 5) is 12.6. The van der Waals surface area contributed by atoms with Gasteiger partial charge >= 0.3 is 0 Å². The Kier molecular flexibility index (Phi) is 3.13. The molecule has 4 heteroatoms. The molecule has 0 amide bonds. The standard InChI is InChI=1S/C14H17N3O/c1-13(2,3)14(18,11-7-4-5-8-15-11)12-16-9-6-10-17-12/h4-10,18H,1-3H3. The molecule has 2 heterocycles. The van der Waals surface area contributed by atoms with Crippen molar-refractivity contribution in [3.05, 3.63) is 54.4 Å². The van der Waals surface area contributed by atoms with Crippen molar-refractivity contribution in [2.45, 2.75) is 26.4 Å². The first kappa shape index (κ1) is 12.6. The van der Waals surface area contributed by atoms with Crippen LogP contribution >= 0.6 is 0 Å². The van der Waals surface area contributed by atoms with Gasteiger partial charge in [0.1, 0.15) is 0 Å². The van der Waals surface area contributed by atoms with Crippen molar-refractivity contribution in [2.24, 2.45) is 5.41 Å². The van der Waals surface area contributed by atoms with Crippen molar-refractivity contribution in [2.75, 3.05) is 0 Å². The molecule has 0 bridgehead atoms. The molecule has 18 heavy (non-hydrogen) atoms. The van der Waals surface area contributed by atoms with Crippen molar-refractivity contribution >= 4 is 0 Å². The second-order valence-corrected chi connectivity index (χ2v) is 5.25. The van der Waals surface area contributed by atoms with Crippen molar-refractivity contribution < 1.29 is 5.11 Å². The van der Waals surface area contributed by atoms with E-state index in [1.165, 1.54) is 0 Å². The maximum absolute atomic E-state index is 11.1. The zero-order valence-corrected chi connectivity index (χ0v) is 10.8. The van der Waals surface area contributed by atoms with Gasteiger partial charge in [0.25, 0.3) is 0 Å². The van der Waals surface area contributed by atoms with E-state index in [0.717, 1.165) is 0 Å². The molecule has 0 radical (unpaired) electrons. The zero-order valence-electron chi connectivity index (χ0n) is 10.8. The van der Waals surface area contributed by atoms with Gasteiger partial charge in [0, 0.05) is 24.0 Å². The number of nitrogens with zero attached hydrogens (tertiary/aromatic N) is 3. The van der Waals surface area contributed by atoms with Crippen LogP contribution in [0.3, 0.4) is 0 Å². The fraction of sp³-hybridized carbons (Fsp3) is 0.357. The molecule has 4 nitrogen and oxygen atoms in total. The number of rotatable bonds is 2. The molecular formula is C14H17N3O. The molecule has 2 aromatic heterocycles.